The van der Waals surface area contributed by atoms with Crippen LogP contribution in [0.3, 0.4) is 0 Å². The minimum atomic E-state index is 0.506. The van der Waals surface area contributed by atoms with E-state index in [2.05, 4.69) is 0 Å². The van der Waals surface area contributed by atoms with E-state index in [1.54, 1.807) is 0 Å². The van der Waals surface area contributed by atoms with E-state index in [0.717, 1.165) is 25.0 Å². The minimum absolute atomic E-state index is 0.506. The zero-order valence-electron chi connectivity index (χ0n) is 6.25. The van der Waals surface area contributed by atoms with Crippen molar-refractivity contribution in [3.63, 3.8) is 0 Å². The van der Waals surface area contributed by atoms with Gasteiger partial charge in [-0.1, -0.05) is 0 Å². The fourth-order valence-electron chi connectivity index (χ4n) is 1.88. The predicted octanol–water partition coefficient (Wildman–Crippen LogP) is 0.760. The van der Waals surface area contributed by atoms with Crippen LogP contribution in [0, 0.1) is 11.8 Å². The van der Waals surface area contributed by atoms with Crippen LogP contribution in [-0.2, 0) is 4.74 Å². The lowest BCUT2D eigenvalue weighted by atomic mass is 9.97. The minimum Gasteiger partial charge on any atom is -0.381 e. The fraction of sp³-hybridized carbons (Fsp3) is 1.00. The maximum atomic E-state index is 5.74. The molecule has 0 spiro atoms. The molecule has 2 fully saturated rings. The highest BCUT2D eigenvalue weighted by Crippen LogP contribution is 2.39. The zero-order chi connectivity index (χ0) is 6.97. The molecular weight excluding hydrogens is 126 g/mol. The van der Waals surface area contributed by atoms with Crippen molar-refractivity contribution in [3.8, 4) is 0 Å². The van der Waals surface area contributed by atoms with Crippen molar-refractivity contribution in [1.82, 2.24) is 0 Å². The molecule has 2 heteroatoms. The van der Waals surface area contributed by atoms with Gasteiger partial charge in [0.25, 0.3) is 0 Å². The van der Waals surface area contributed by atoms with Crippen molar-refractivity contribution in [1.29, 1.82) is 0 Å². The summed E-state index contributed by atoms with van der Waals surface area (Å²) in [6.45, 7) is 1.94. The van der Waals surface area contributed by atoms with Crippen molar-refractivity contribution in [2.45, 2.75) is 25.3 Å². The van der Waals surface area contributed by atoms with Crippen molar-refractivity contribution in [2.24, 2.45) is 17.6 Å². The van der Waals surface area contributed by atoms with Gasteiger partial charge in [0, 0.05) is 19.3 Å². The van der Waals surface area contributed by atoms with Gasteiger partial charge in [-0.25, -0.2) is 0 Å². The average Bonchev–Trinajstić information content (AvgIpc) is 2.69. The van der Waals surface area contributed by atoms with Crippen LogP contribution >= 0.6 is 0 Å². The van der Waals surface area contributed by atoms with Gasteiger partial charge in [0.1, 0.15) is 0 Å². The third-order valence-corrected chi connectivity index (χ3v) is 2.69. The second-order valence-corrected chi connectivity index (χ2v) is 3.54. The second kappa shape index (κ2) is 2.51. The zero-order valence-corrected chi connectivity index (χ0v) is 6.25. The first kappa shape index (κ1) is 6.62. The molecule has 2 nitrogen and oxygen atoms in total. The van der Waals surface area contributed by atoms with Crippen LogP contribution in [0.15, 0.2) is 0 Å². The molecule has 1 saturated heterocycles. The van der Waals surface area contributed by atoms with E-state index < -0.39 is 0 Å². The normalized spacial score (nSPS) is 47.1. The first-order chi connectivity index (χ1) is 4.88. The lowest BCUT2D eigenvalue weighted by molar-refractivity contribution is 0.0459. The largest absolute Gasteiger partial charge is 0.381 e. The van der Waals surface area contributed by atoms with Gasteiger partial charge < -0.3 is 10.5 Å². The van der Waals surface area contributed by atoms with Gasteiger partial charge in [-0.2, -0.15) is 0 Å². The molecule has 2 aliphatic rings. The van der Waals surface area contributed by atoms with Gasteiger partial charge in [-0.3, -0.25) is 0 Å². The smallest absolute Gasteiger partial charge is 0.0497 e. The maximum Gasteiger partial charge on any atom is 0.0497 e. The van der Waals surface area contributed by atoms with E-state index in [4.69, 9.17) is 10.5 Å². The summed E-state index contributed by atoms with van der Waals surface area (Å²) in [5, 5.41) is 0. The van der Waals surface area contributed by atoms with Crippen LogP contribution in [0.25, 0.3) is 0 Å². The standard InChI is InChI=1S/C8H15NO/c9-8-4-7(8)6-2-1-3-10-5-6/h6-8H,1-5,9H2. The SMILES string of the molecule is NC1CC1C1CCCOC1. The number of rotatable bonds is 1. The van der Waals surface area contributed by atoms with Crippen LogP contribution in [0.4, 0.5) is 0 Å². The molecule has 3 unspecified atom stereocenters. The molecule has 10 heavy (non-hydrogen) atoms. The molecule has 0 bridgehead atoms. The van der Waals surface area contributed by atoms with E-state index in [-0.39, 0.29) is 0 Å². The van der Waals surface area contributed by atoms with E-state index in [9.17, 15) is 0 Å². The van der Waals surface area contributed by atoms with Crippen LogP contribution < -0.4 is 5.73 Å². The first-order valence-electron chi connectivity index (χ1n) is 4.21. The van der Waals surface area contributed by atoms with Gasteiger partial charge in [0.2, 0.25) is 0 Å². The van der Waals surface area contributed by atoms with Gasteiger partial charge in [0.15, 0.2) is 0 Å². The third-order valence-electron chi connectivity index (χ3n) is 2.69. The topological polar surface area (TPSA) is 35.2 Å². The molecule has 1 aliphatic heterocycles. The molecule has 2 rings (SSSR count). The highest BCUT2D eigenvalue weighted by molar-refractivity contribution is 4.95. The summed E-state index contributed by atoms with van der Waals surface area (Å²) >= 11 is 0. The monoisotopic (exact) mass is 141 g/mol. The summed E-state index contributed by atoms with van der Waals surface area (Å²) in [6.07, 6.45) is 3.83. The Kier molecular flexibility index (Phi) is 1.66. The van der Waals surface area contributed by atoms with E-state index in [1.807, 2.05) is 0 Å². The van der Waals surface area contributed by atoms with Crippen molar-refractivity contribution < 1.29 is 4.74 Å². The Morgan fingerprint density at radius 1 is 1.40 bits per heavy atom. The Hall–Kier alpha value is -0.0800. The average molecular weight is 141 g/mol. The Morgan fingerprint density at radius 3 is 2.70 bits per heavy atom. The van der Waals surface area contributed by atoms with Crippen LogP contribution in [0.1, 0.15) is 19.3 Å². The molecule has 0 aromatic heterocycles. The van der Waals surface area contributed by atoms with Crippen molar-refractivity contribution >= 4 is 0 Å². The van der Waals surface area contributed by atoms with Gasteiger partial charge in [-0.15, -0.1) is 0 Å². The van der Waals surface area contributed by atoms with Crippen LogP contribution in [0.2, 0.25) is 0 Å². The highest BCUT2D eigenvalue weighted by atomic mass is 16.5. The number of nitrogens with two attached hydrogens (primary N) is 1. The molecule has 0 aromatic rings. The summed E-state index contributed by atoms with van der Waals surface area (Å²) in [7, 11) is 0. The van der Waals surface area contributed by atoms with Gasteiger partial charge in [-0.05, 0) is 31.1 Å². The molecular formula is C8H15NO. The lowest BCUT2D eigenvalue weighted by Crippen LogP contribution is -2.21. The molecule has 0 aromatic carbocycles. The van der Waals surface area contributed by atoms with E-state index >= 15 is 0 Å². The van der Waals surface area contributed by atoms with Gasteiger partial charge in [0.05, 0.1) is 0 Å². The van der Waals surface area contributed by atoms with E-state index in [0.29, 0.717) is 6.04 Å². The molecule has 2 N–H and O–H groups in total. The Balaban J connectivity index is 1.81. The molecule has 1 saturated carbocycles. The Labute approximate surface area is 61.7 Å². The summed E-state index contributed by atoms with van der Waals surface area (Å²) in [4.78, 5) is 0. The molecule has 3 atom stereocenters. The van der Waals surface area contributed by atoms with Crippen molar-refractivity contribution in [2.75, 3.05) is 13.2 Å². The summed E-state index contributed by atoms with van der Waals surface area (Å²) < 4.78 is 5.38. The predicted molar refractivity (Wildman–Crippen MR) is 39.6 cm³/mol. The maximum absolute atomic E-state index is 5.74. The number of hydrogen-bond acceptors (Lipinski definition) is 2. The Bertz CT molecular complexity index is 120. The third kappa shape index (κ3) is 1.18. The second-order valence-electron chi connectivity index (χ2n) is 3.54. The fourth-order valence-corrected chi connectivity index (χ4v) is 1.88. The van der Waals surface area contributed by atoms with Gasteiger partial charge >= 0.3 is 0 Å². The van der Waals surface area contributed by atoms with Crippen LogP contribution in [-0.4, -0.2) is 19.3 Å². The highest BCUT2D eigenvalue weighted by Gasteiger charge is 2.40. The van der Waals surface area contributed by atoms with Crippen LogP contribution in [0.5, 0.6) is 0 Å². The van der Waals surface area contributed by atoms with E-state index in [1.165, 1.54) is 19.3 Å². The molecule has 1 aliphatic carbocycles. The summed E-state index contributed by atoms with van der Waals surface area (Å²) in [5.74, 6) is 1.60. The molecule has 0 amide bonds. The molecule has 58 valence electrons. The molecule has 0 radical (unpaired) electrons. The summed E-state index contributed by atoms with van der Waals surface area (Å²) in [6, 6.07) is 0.506. The lowest BCUT2D eigenvalue weighted by Gasteiger charge is -2.21. The summed E-state index contributed by atoms with van der Waals surface area (Å²) in [5.41, 5.74) is 5.74. The number of hydrogen-bond donors (Lipinski definition) is 1. The molecule has 1 heterocycles. The quantitative estimate of drug-likeness (QED) is 0.585. The first-order valence-corrected chi connectivity index (χ1v) is 4.21. The van der Waals surface area contributed by atoms with Crippen molar-refractivity contribution in [3.05, 3.63) is 0 Å². The number of ether oxygens (including phenoxy) is 1. The Morgan fingerprint density at radius 2 is 2.20 bits per heavy atom.